The SMILES string of the molecule is CCC(=O)N(c1ccc(C(C)=O)cc1)C1CCS(=O)(=O)C1. The summed E-state index contributed by atoms with van der Waals surface area (Å²) in [7, 11) is -3.06. The molecule has 2 rings (SSSR count). The molecule has 0 aliphatic carbocycles. The Morgan fingerprint density at radius 2 is 1.86 bits per heavy atom. The molecule has 1 heterocycles. The molecule has 0 aromatic heterocycles. The molecule has 0 bridgehead atoms. The zero-order chi connectivity index (χ0) is 15.6. The van der Waals surface area contributed by atoms with E-state index in [0.717, 1.165) is 0 Å². The van der Waals surface area contributed by atoms with Gasteiger partial charge in [0, 0.05) is 17.7 Å². The average Bonchev–Trinajstić information content (AvgIpc) is 2.79. The summed E-state index contributed by atoms with van der Waals surface area (Å²) in [5, 5.41) is 0. The van der Waals surface area contributed by atoms with Crippen LogP contribution in [-0.4, -0.2) is 37.7 Å². The van der Waals surface area contributed by atoms with E-state index >= 15 is 0 Å². The van der Waals surface area contributed by atoms with Gasteiger partial charge in [-0.15, -0.1) is 0 Å². The molecule has 1 aliphatic heterocycles. The lowest BCUT2D eigenvalue weighted by Gasteiger charge is -2.28. The second-order valence-electron chi connectivity index (χ2n) is 5.28. The van der Waals surface area contributed by atoms with Gasteiger partial charge in [-0.1, -0.05) is 6.92 Å². The summed E-state index contributed by atoms with van der Waals surface area (Å²) in [5.41, 5.74) is 1.22. The lowest BCUT2D eigenvalue weighted by atomic mass is 10.1. The number of ketones is 1. The van der Waals surface area contributed by atoms with E-state index in [-0.39, 0.29) is 29.2 Å². The van der Waals surface area contributed by atoms with Crippen molar-refractivity contribution >= 4 is 27.2 Å². The van der Waals surface area contributed by atoms with E-state index in [4.69, 9.17) is 0 Å². The summed E-state index contributed by atoms with van der Waals surface area (Å²) in [6.45, 7) is 3.23. The van der Waals surface area contributed by atoms with Gasteiger partial charge in [0.1, 0.15) is 0 Å². The zero-order valence-electron chi connectivity index (χ0n) is 12.2. The quantitative estimate of drug-likeness (QED) is 0.795. The third-order valence-electron chi connectivity index (χ3n) is 3.70. The van der Waals surface area contributed by atoms with Crippen molar-refractivity contribution in [2.45, 2.75) is 32.7 Å². The summed E-state index contributed by atoms with van der Waals surface area (Å²) in [6, 6.07) is 6.42. The Kier molecular flexibility index (Phi) is 4.46. The molecule has 1 saturated heterocycles. The Balaban J connectivity index is 2.32. The number of anilines is 1. The minimum absolute atomic E-state index is 0.00714. The predicted octanol–water partition coefficient (Wildman–Crippen LogP) is 1.82. The highest BCUT2D eigenvalue weighted by atomic mass is 32.2. The van der Waals surface area contributed by atoms with Crippen molar-refractivity contribution in [3.05, 3.63) is 29.8 Å². The zero-order valence-corrected chi connectivity index (χ0v) is 13.0. The molecule has 1 amide bonds. The summed E-state index contributed by atoms with van der Waals surface area (Å²) >= 11 is 0. The Labute approximate surface area is 124 Å². The van der Waals surface area contributed by atoms with Crippen LogP contribution in [0.1, 0.15) is 37.0 Å². The van der Waals surface area contributed by atoms with Crippen LogP contribution in [0.15, 0.2) is 24.3 Å². The maximum Gasteiger partial charge on any atom is 0.226 e. The summed E-state index contributed by atoms with van der Waals surface area (Å²) in [6.07, 6.45) is 0.771. The van der Waals surface area contributed by atoms with E-state index < -0.39 is 9.84 Å². The number of carbonyl (C=O) groups excluding carboxylic acids is 2. The third-order valence-corrected chi connectivity index (χ3v) is 5.45. The first kappa shape index (κ1) is 15.7. The predicted molar refractivity (Wildman–Crippen MR) is 81.3 cm³/mol. The fourth-order valence-electron chi connectivity index (χ4n) is 2.56. The lowest BCUT2D eigenvalue weighted by molar-refractivity contribution is -0.118. The van der Waals surface area contributed by atoms with Gasteiger partial charge in [-0.05, 0) is 37.6 Å². The van der Waals surface area contributed by atoms with Crippen LogP contribution in [0.25, 0.3) is 0 Å². The molecule has 1 unspecified atom stereocenters. The first-order chi connectivity index (χ1) is 9.84. The number of benzene rings is 1. The largest absolute Gasteiger partial charge is 0.308 e. The van der Waals surface area contributed by atoms with Crippen LogP contribution >= 0.6 is 0 Å². The van der Waals surface area contributed by atoms with Gasteiger partial charge in [-0.25, -0.2) is 8.42 Å². The Morgan fingerprint density at radius 1 is 1.24 bits per heavy atom. The number of hydrogen-bond acceptors (Lipinski definition) is 4. The van der Waals surface area contributed by atoms with Gasteiger partial charge in [0.25, 0.3) is 0 Å². The van der Waals surface area contributed by atoms with Crippen molar-refractivity contribution in [3.8, 4) is 0 Å². The molecule has 0 N–H and O–H groups in total. The number of sulfone groups is 1. The fraction of sp³-hybridized carbons (Fsp3) is 0.467. The van der Waals surface area contributed by atoms with E-state index in [1.807, 2.05) is 0 Å². The van der Waals surface area contributed by atoms with Crippen molar-refractivity contribution in [2.24, 2.45) is 0 Å². The number of hydrogen-bond donors (Lipinski definition) is 0. The second-order valence-corrected chi connectivity index (χ2v) is 7.51. The summed E-state index contributed by atoms with van der Waals surface area (Å²) < 4.78 is 23.3. The molecule has 0 saturated carbocycles. The molecule has 1 atom stereocenters. The van der Waals surface area contributed by atoms with E-state index in [9.17, 15) is 18.0 Å². The minimum Gasteiger partial charge on any atom is -0.308 e. The lowest BCUT2D eigenvalue weighted by Crippen LogP contribution is -2.41. The van der Waals surface area contributed by atoms with Crippen molar-refractivity contribution in [3.63, 3.8) is 0 Å². The second kappa shape index (κ2) is 5.97. The number of carbonyl (C=O) groups is 2. The van der Waals surface area contributed by atoms with Gasteiger partial charge < -0.3 is 4.90 Å². The summed E-state index contributed by atoms with van der Waals surface area (Å²) in [5.74, 6) is -0.0183. The highest BCUT2D eigenvalue weighted by Gasteiger charge is 2.34. The number of amides is 1. The van der Waals surface area contributed by atoms with Crippen molar-refractivity contribution in [1.29, 1.82) is 0 Å². The first-order valence-corrected chi connectivity index (χ1v) is 8.79. The molecule has 1 aliphatic rings. The van der Waals surface area contributed by atoms with Gasteiger partial charge in [0.15, 0.2) is 15.6 Å². The Morgan fingerprint density at radius 3 is 2.29 bits per heavy atom. The highest BCUT2D eigenvalue weighted by Crippen LogP contribution is 2.25. The van der Waals surface area contributed by atoms with Gasteiger partial charge in [0.05, 0.1) is 17.5 Å². The van der Waals surface area contributed by atoms with E-state index in [2.05, 4.69) is 0 Å². The minimum atomic E-state index is -3.06. The highest BCUT2D eigenvalue weighted by molar-refractivity contribution is 7.91. The number of nitrogens with zero attached hydrogens (tertiary/aromatic N) is 1. The first-order valence-electron chi connectivity index (χ1n) is 6.97. The molecule has 0 spiro atoms. The van der Waals surface area contributed by atoms with Crippen LogP contribution in [0, 0.1) is 0 Å². The molecule has 1 aromatic carbocycles. The van der Waals surface area contributed by atoms with E-state index in [0.29, 0.717) is 24.1 Å². The van der Waals surface area contributed by atoms with E-state index in [1.165, 1.54) is 6.92 Å². The molecule has 6 heteroatoms. The summed E-state index contributed by atoms with van der Waals surface area (Å²) in [4.78, 5) is 25.1. The molecule has 1 aromatic rings. The van der Waals surface area contributed by atoms with Gasteiger partial charge in [-0.3, -0.25) is 9.59 Å². The van der Waals surface area contributed by atoms with Gasteiger partial charge in [-0.2, -0.15) is 0 Å². The standard InChI is InChI=1S/C15H19NO4S/c1-3-15(18)16(14-8-9-21(19,20)10-14)13-6-4-12(5-7-13)11(2)17/h4-7,14H,3,8-10H2,1-2H3. The molecule has 5 nitrogen and oxygen atoms in total. The van der Waals surface area contributed by atoms with Crippen molar-refractivity contribution in [1.82, 2.24) is 0 Å². The molecular formula is C15H19NO4S. The Bertz CT molecular complexity index is 649. The smallest absolute Gasteiger partial charge is 0.226 e. The van der Waals surface area contributed by atoms with Gasteiger partial charge >= 0.3 is 0 Å². The van der Waals surface area contributed by atoms with Crippen LogP contribution in [0.4, 0.5) is 5.69 Å². The fourth-order valence-corrected chi connectivity index (χ4v) is 4.26. The topological polar surface area (TPSA) is 71.5 Å². The molecule has 114 valence electrons. The third kappa shape index (κ3) is 3.50. The number of rotatable bonds is 4. The van der Waals surface area contributed by atoms with Crippen molar-refractivity contribution in [2.75, 3.05) is 16.4 Å². The van der Waals surface area contributed by atoms with Crippen LogP contribution in [-0.2, 0) is 14.6 Å². The molecule has 0 radical (unpaired) electrons. The normalized spacial score (nSPS) is 20.2. The molecule has 1 fully saturated rings. The van der Waals surface area contributed by atoms with E-state index in [1.54, 1.807) is 36.1 Å². The number of Topliss-reactive ketones (excluding diaryl/α,β-unsaturated/α-hetero) is 1. The maximum absolute atomic E-state index is 12.2. The van der Waals surface area contributed by atoms with Crippen molar-refractivity contribution < 1.29 is 18.0 Å². The molecule has 21 heavy (non-hydrogen) atoms. The monoisotopic (exact) mass is 309 g/mol. The average molecular weight is 309 g/mol. The van der Waals surface area contributed by atoms with Gasteiger partial charge in [0.2, 0.25) is 5.91 Å². The van der Waals surface area contributed by atoms with Crippen LogP contribution in [0.2, 0.25) is 0 Å². The Hall–Kier alpha value is -1.69. The van der Waals surface area contributed by atoms with Crippen LogP contribution in [0.3, 0.4) is 0 Å². The van der Waals surface area contributed by atoms with Crippen LogP contribution in [0.5, 0.6) is 0 Å². The molecular weight excluding hydrogens is 290 g/mol. The maximum atomic E-state index is 12.2. The van der Waals surface area contributed by atoms with Crippen LogP contribution < -0.4 is 4.90 Å².